The van der Waals surface area contributed by atoms with Gasteiger partial charge in [-0.2, -0.15) is 26.3 Å². The summed E-state index contributed by atoms with van der Waals surface area (Å²) in [5, 5.41) is 0. The van der Waals surface area contributed by atoms with Crippen LogP contribution < -0.4 is 4.74 Å². The van der Waals surface area contributed by atoms with Crippen LogP contribution in [0.1, 0.15) is 29.6 Å². The van der Waals surface area contributed by atoms with Crippen LogP contribution in [0, 0.1) is 0 Å². The van der Waals surface area contributed by atoms with E-state index >= 15 is 0 Å². The first kappa shape index (κ1) is 25.3. The Kier molecular flexibility index (Phi) is 8.31. The fourth-order valence-corrected chi connectivity index (χ4v) is 1.94. The summed E-state index contributed by atoms with van der Waals surface area (Å²) in [4.78, 5) is 33.7. The molecule has 5 nitrogen and oxygen atoms in total. The third-order valence-electron chi connectivity index (χ3n) is 3.60. The molecule has 13 heteroatoms. The minimum Gasteiger partial charge on any atom is -0.459 e. The van der Waals surface area contributed by atoms with Crippen molar-refractivity contribution >= 4 is 18.2 Å². The van der Waals surface area contributed by atoms with Crippen LogP contribution in [0.2, 0.25) is 0 Å². The van der Waals surface area contributed by atoms with Gasteiger partial charge in [-0.1, -0.05) is 12.1 Å². The second kappa shape index (κ2) is 9.85. The topological polar surface area (TPSA) is 69.7 Å². The van der Waals surface area contributed by atoms with E-state index in [0.29, 0.717) is 6.29 Å². The Morgan fingerprint density at radius 3 is 2.10 bits per heavy atom. The predicted octanol–water partition coefficient (Wildman–Crippen LogP) is 4.29. The molecule has 0 spiro atoms. The van der Waals surface area contributed by atoms with Gasteiger partial charge in [0, 0.05) is 12.8 Å². The van der Waals surface area contributed by atoms with Crippen LogP contribution in [0.5, 0.6) is 5.75 Å². The zero-order valence-corrected chi connectivity index (χ0v) is 14.9. The lowest BCUT2D eigenvalue weighted by Gasteiger charge is -2.31. The number of ether oxygens (including phenoxy) is 2. The quantitative estimate of drug-likeness (QED) is 0.218. The number of rotatable bonds is 11. The molecule has 0 aliphatic heterocycles. The lowest BCUT2D eigenvalue weighted by Crippen LogP contribution is -2.59. The Bertz CT molecular complexity index is 766. The van der Waals surface area contributed by atoms with Gasteiger partial charge in [0.05, 0.1) is 5.56 Å². The second-order valence-corrected chi connectivity index (χ2v) is 5.85. The van der Waals surface area contributed by atoms with Gasteiger partial charge in [0.25, 0.3) is 0 Å². The van der Waals surface area contributed by atoms with E-state index in [-0.39, 0.29) is 17.7 Å². The first-order chi connectivity index (χ1) is 13.8. The summed E-state index contributed by atoms with van der Waals surface area (Å²) in [6.45, 7) is -2.57. The lowest BCUT2D eigenvalue weighted by atomic mass is 10.1. The molecule has 0 atom stereocenters. The molecule has 168 valence electrons. The number of hydrogen-bond acceptors (Lipinski definition) is 5. The summed E-state index contributed by atoms with van der Waals surface area (Å²) in [5.74, 6) is -21.2. The van der Waals surface area contributed by atoms with Crippen molar-refractivity contribution in [3.8, 4) is 5.75 Å². The average Bonchev–Trinajstić information content (AvgIpc) is 2.66. The SMILES string of the molecule is O=Cc1ccccc1OC(=O)CCCC(=O)OCC(F)(F)C(F)(F)C(F)(F)C(F)F. The van der Waals surface area contributed by atoms with E-state index in [9.17, 15) is 49.5 Å². The van der Waals surface area contributed by atoms with Crippen molar-refractivity contribution in [1.82, 2.24) is 0 Å². The van der Waals surface area contributed by atoms with Crippen LogP contribution in [-0.2, 0) is 14.3 Å². The zero-order chi connectivity index (χ0) is 23.2. The molecule has 1 rings (SSSR count). The fraction of sp³-hybridized carbons (Fsp3) is 0.471. The third kappa shape index (κ3) is 5.89. The highest BCUT2D eigenvalue weighted by Gasteiger charge is 2.75. The molecule has 0 amide bonds. The Morgan fingerprint density at radius 2 is 1.53 bits per heavy atom. The summed E-state index contributed by atoms with van der Waals surface area (Å²) in [6, 6.07) is 5.60. The van der Waals surface area contributed by atoms with Crippen LogP contribution >= 0.6 is 0 Å². The Balaban J connectivity index is 2.51. The molecule has 0 saturated carbocycles. The van der Waals surface area contributed by atoms with Crippen LogP contribution in [0.3, 0.4) is 0 Å². The average molecular weight is 450 g/mol. The molecule has 0 aliphatic rings. The molecule has 0 unspecified atom stereocenters. The van der Waals surface area contributed by atoms with Crippen molar-refractivity contribution < 1.29 is 59.0 Å². The number of carbonyl (C=O) groups is 3. The van der Waals surface area contributed by atoms with Gasteiger partial charge in [0.1, 0.15) is 5.75 Å². The van der Waals surface area contributed by atoms with Gasteiger partial charge >= 0.3 is 36.1 Å². The van der Waals surface area contributed by atoms with Gasteiger partial charge in [-0.05, 0) is 18.6 Å². The van der Waals surface area contributed by atoms with E-state index in [4.69, 9.17) is 4.74 Å². The van der Waals surface area contributed by atoms with E-state index in [0.717, 1.165) is 0 Å². The van der Waals surface area contributed by atoms with Crippen molar-refractivity contribution in [2.75, 3.05) is 6.61 Å². The molecule has 30 heavy (non-hydrogen) atoms. The molecular weight excluding hydrogens is 436 g/mol. The Hall–Kier alpha value is -2.73. The molecule has 1 aromatic carbocycles. The zero-order valence-electron chi connectivity index (χ0n) is 14.9. The molecule has 0 fully saturated rings. The second-order valence-electron chi connectivity index (χ2n) is 5.85. The van der Waals surface area contributed by atoms with Crippen molar-refractivity contribution in [1.29, 1.82) is 0 Å². The Morgan fingerprint density at radius 1 is 0.967 bits per heavy atom. The minimum atomic E-state index is -6.48. The van der Waals surface area contributed by atoms with Crippen LogP contribution in [0.25, 0.3) is 0 Å². The van der Waals surface area contributed by atoms with Crippen LogP contribution in [0.15, 0.2) is 24.3 Å². The fourth-order valence-electron chi connectivity index (χ4n) is 1.94. The summed E-state index contributed by atoms with van der Waals surface area (Å²) in [7, 11) is 0. The minimum absolute atomic E-state index is 0.0500. The monoisotopic (exact) mass is 450 g/mol. The molecule has 0 bridgehead atoms. The summed E-state index contributed by atoms with van der Waals surface area (Å²) in [5.41, 5.74) is 0.0500. The predicted molar refractivity (Wildman–Crippen MR) is 83.1 cm³/mol. The number of alkyl halides is 8. The number of halogens is 8. The van der Waals surface area contributed by atoms with Gasteiger partial charge in [-0.3, -0.25) is 14.4 Å². The number of benzene rings is 1. The van der Waals surface area contributed by atoms with E-state index in [2.05, 4.69) is 4.74 Å². The van der Waals surface area contributed by atoms with Crippen molar-refractivity contribution in [3.63, 3.8) is 0 Å². The number of para-hydroxylation sites is 1. The molecule has 0 saturated heterocycles. The highest BCUT2D eigenvalue weighted by atomic mass is 19.4. The maximum Gasteiger partial charge on any atom is 0.381 e. The first-order valence-electron chi connectivity index (χ1n) is 8.08. The van der Waals surface area contributed by atoms with E-state index in [1.807, 2.05) is 0 Å². The van der Waals surface area contributed by atoms with Crippen LogP contribution in [0.4, 0.5) is 35.1 Å². The highest BCUT2D eigenvalue weighted by molar-refractivity contribution is 5.82. The largest absolute Gasteiger partial charge is 0.459 e. The van der Waals surface area contributed by atoms with Gasteiger partial charge in [-0.15, -0.1) is 0 Å². The standard InChI is InChI=1S/C17H14F8O5/c18-14(19)16(22,23)17(24,25)15(20,21)9-29-12(27)6-3-7-13(28)30-11-5-2-1-4-10(11)8-26/h1-2,4-5,8,14H,3,6-7,9H2. The maximum absolute atomic E-state index is 13.2. The van der Waals surface area contributed by atoms with Crippen molar-refractivity contribution in [3.05, 3.63) is 29.8 Å². The van der Waals surface area contributed by atoms with Crippen molar-refractivity contribution in [2.24, 2.45) is 0 Å². The number of aldehydes is 1. The van der Waals surface area contributed by atoms with E-state index in [1.165, 1.54) is 24.3 Å². The summed E-state index contributed by atoms with van der Waals surface area (Å²) in [6.07, 6.45) is -6.27. The Labute approximate surface area is 163 Å². The molecule has 1 aromatic rings. The third-order valence-corrected chi connectivity index (χ3v) is 3.60. The van der Waals surface area contributed by atoms with Gasteiger partial charge in [-0.25, -0.2) is 8.78 Å². The van der Waals surface area contributed by atoms with E-state index in [1.54, 1.807) is 0 Å². The normalized spacial score (nSPS) is 12.6. The number of esters is 2. The lowest BCUT2D eigenvalue weighted by molar-refractivity contribution is -0.344. The summed E-state index contributed by atoms with van der Waals surface area (Å²) < 4.78 is 110. The molecule has 0 aliphatic carbocycles. The molecular formula is C17H14F8O5. The first-order valence-corrected chi connectivity index (χ1v) is 8.08. The van der Waals surface area contributed by atoms with Gasteiger partial charge < -0.3 is 9.47 Å². The maximum atomic E-state index is 13.2. The van der Waals surface area contributed by atoms with Crippen LogP contribution in [-0.4, -0.2) is 49.0 Å². The molecule has 0 N–H and O–H groups in total. The smallest absolute Gasteiger partial charge is 0.381 e. The number of hydrogen-bond donors (Lipinski definition) is 0. The van der Waals surface area contributed by atoms with Crippen molar-refractivity contribution in [2.45, 2.75) is 43.5 Å². The number of carbonyl (C=O) groups excluding carboxylic acids is 3. The highest BCUT2D eigenvalue weighted by Crippen LogP contribution is 2.48. The van der Waals surface area contributed by atoms with Gasteiger partial charge in [0.2, 0.25) is 0 Å². The molecule has 0 radical (unpaired) electrons. The molecule has 0 heterocycles. The van der Waals surface area contributed by atoms with Gasteiger partial charge in [0.15, 0.2) is 12.9 Å². The van der Waals surface area contributed by atoms with E-state index < -0.39 is 55.6 Å². The molecule has 0 aromatic heterocycles. The summed E-state index contributed by atoms with van der Waals surface area (Å²) >= 11 is 0.